The van der Waals surface area contributed by atoms with Crippen LogP contribution in [0.5, 0.6) is 0 Å². The maximum atomic E-state index is 13.8. The van der Waals surface area contributed by atoms with Gasteiger partial charge in [0.1, 0.15) is 0 Å². The third-order valence-corrected chi connectivity index (χ3v) is 7.26. The van der Waals surface area contributed by atoms with Crippen LogP contribution in [0.25, 0.3) is 16.8 Å². The Balaban J connectivity index is 1.66. The fraction of sp³-hybridized carbons (Fsp3) is 0.333. The molecular weight excluding hydrogens is 454 g/mol. The molecule has 0 atom stereocenters. The number of nitrogens with zero attached hydrogens (tertiary/aromatic N) is 4. The Morgan fingerprint density at radius 1 is 1.11 bits per heavy atom. The molecule has 4 rings (SSSR count). The molecule has 1 fully saturated rings. The van der Waals surface area contributed by atoms with Crippen molar-refractivity contribution in [2.24, 2.45) is 0 Å². The van der Waals surface area contributed by atoms with Gasteiger partial charge in [-0.2, -0.15) is 5.10 Å². The number of likely N-dealkylation sites (tertiary alicyclic amines) is 1. The molecular formula is C30H34F2N4. The number of hydrogen-bond acceptors (Lipinski definition) is 3. The molecule has 4 nitrogen and oxygen atoms in total. The molecule has 1 saturated heterocycles. The van der Waals surface area contributed by atoms with Crippen LogP contribution in [0.2, 0.25) is 0 Å². The van der Waals surface area contributed by atoms with Gasteiger partial charge in [0.05, 0.1) is 17.6 Å². The minimum atomic E-state index is -2.90. The van der Waals surface area contributed by atoms with E-state index in [-0.39, 0.29) is 11.6 Å². The average Bonchev–Trinajstić information content (AvgIpc) is 3.30. The highest BCUT2D eigenvalue weighted by Gasteiger charge is 2.33. The van der Waals surface area contributed by atoms with Gasteiger partial charge in [0.25, 0.3) is 5.92 Å². The summed E-state index contributed by atoms with van der Waals surface area (Å²) in [6, 6.07) is 10.2. The Labute approximate surface area is 212 Å². The molecule has 3 aromatic rings. The van der Waals surface area contributed by atoms with Gasteiger partial charge in [-0.05, 0) is 55.9 Å². The number of fused-ring (bicyclic) bond motifs is 1. The third kappa shape index (κ3) is 5.03. The van der Waals surface area contributed by atoms with E-state index in [2.05, 4.69) is 63.3 Å². The molecule has 36 heavy (non-hydrogen) atoms. The minimum Gasteiger partial charge on any atom is -0.370 e. The minimum absolute atomic E-state index is 0.102. The molecule has 1 aromatic carbocycles. The molecule has 0 spiro atoms. The average molecular weight is 489 g/mol. The van der Waals surface area contributed by atoms with Crippen LogP contribution in [-0.4, -0.2) is 38.5 Å². The first-order chi connectivity index (χ1) is 17.1. The molecule has 1 aliphatic heterocycles. The van der Waals surface area contributed by atoms with Gasteiger partial charge in [0.2, 0.25) is 0 Å². The van der Waals surface area contributed by atoms with Gasteiger partial charge < -0.3 is 4.90 Å². The van der Waals surface area contributed by atoms with Crippen LogP contribution < -0.4 is 0 Å². The molecule has 3 heterocycles. The lowest BCUT2D eigenvalue weighted by atomic mass is 9.90. The molecule has 1 aliphatic rings. The monoisotopic (exact) mass is 488 g/mol. The highest BCUT2D eigenvalue weighted by Crippen LogP contribution is 2.35. The zero-order valence-electron chi connectivity index (χ0n) is 21.6. The maximum Gasteiger partial charge on any atom is 0.284 e. The number of aryl methyl sites for hydroxylation is 1. The van der Waals surface area contributed by atoms with Crippen molar-refractivity contribution in [2.75, 3.05) is 13.1 Å². The number of aromatic nitrogens is 3. The van der Waals surface area contributed by atoms with Crippen molar-refractivity contribution in [3.63, 3.8) is 0 Å². The molecule has 0 N–H and O–H groups in total. The van der Waals surface area contributed by atoms with Gasteiger partial charge in [0, 0.05) is 37.2 Å². The van der Waals surface area contributed by atoms with Crippen molar-refractivity contribution < 1.29 is 8.78 Å². The van der Waals surface area contributed by atoms with E-state index in [0.717, 1.165) is 59.1 Å². The number of allylic oxidation sites excluding steroid dienone is 6. The smallest absolute Gasteiger partial charge is 0.284 e. The topological polar surface area (TPSA) is 33.4 Å². The van der Waals surface area contributed by atoms with Gasteiger partial charge in [0.15, 0.2) is 5.65 Å². The van der Waals surface area contributed by atoms with E-state index in [4.69, 9.17) is 4.98 Å². The van der Waals surface area contributed by atoms with E-state index >= 15 is 0 Å². The van der Waals surface area contributed by atoms with Crippen LogP contribution in [0, 0.1) is 13.8 Å². The van der Waals surface area contributed by atoms with E-state index in [9.17, 15) is 8.78 Å². The maximum absolute atomic E-state index is 13.8. The summed E-state index contributed by atoms with van der Waals surface area (Å²) in [6.07, 6.45) is 9.32. The number of halogens is 2. The summed E-state index contributed by atoms with van der Waals surface area (Å²) in [5.74, 6) is -2.70. The van der Waals surface area contributed by atoms with Crippen LogP contribution in [0.3, 0.4) is 0 Å². The Bertz CT molecular complexity index is 1330. The predicted octanol–water partition coefficient (Wildman–Crippen LogP) is 7.37. The predicted molar refractivity (Wildman–Crippen MR) is 144 cm³/mol. The second kappa shape index (κ2) is 10.2. The molecule has 6 heteroatoms. The highest BCUT2D eigenvalue weighted by atomic mass is 19.3. The number of alkyl halides is 2. The standard InChI is InChI=1S/C30H34F2N4/c1-7-24(14-13-20(2)25-11-9-8-10-12-25)27-19-33-36-22(4)21(3)28(34-29(27)36)26-15-17-35(18-16-26)23(5)30(6,31)32/h7-14,19,26H,1,5,15-18H2,2-4,6H3/b20-13+,24-14+. The molecule has 0 aliphatic carbocycles. The Morgan fingerprint density at radius 2 is 1.78 bits per heavy atom. The van der Waals surface area contributed by atoms with E-state index in [1.807, 2.05) is 35.0 Å². The van der Waals surface area contributed by atoms with Crippen LogP contribution in [0.4, 0.5) is 8.78 Å². The summed E-state index contributed by atoms with van der Waals surface area (Å²) >= 11 is 0. The zero-order valence-corrected chi connectivity index (χ0v) is 21.6. The molecule has 2 aromatic heterocycles. The Morgan fingerprint density at radius 3 is 2.39 bits per heavy atom. The molecule has 0 radical (unpaired) electrons. The zero-order chi connectivity index (χ0) is 26.0. The summed E-state index contributed by atoms with van der Waals surface area (Å²) in [4.78, 5) is 6.80. The highest BCUT2D eigenvalue weighted by molar-refractivity contribution is 5.83. The largest absolute Gasteiger partial charge is 0.370 e. The van der Waals surface area contributed by atoms with Crippen molar-refractivity contribution in [3.8, 4) is 0 Å². The fourth-order valence-corrected chi connectivity index (χ4v) is 4.82. The molecule has 0 saturated carbocycles. The first-order valence-corrected chi connectivity index (χ1v) is 12.4. The lowest BCUT2D eigenvalue weighted by Crippen LogP contribution is -2.38. The van der Waals surface area contributed by atoms with Gasteiger partial charge in [-0.1, -0.05) is 61.7 Å². The lowest BCUT2D eigenvalue weighted by Gasteiger charge is -2.36. The van der Waals surface area contributed by atoms with E-state index in [1.165, 1.54) is 5.56 Å². The normalized spacial score (nSPS) is 16.0. The number of hydrogen-bond donors (Lipinski definition) is 0. The quantitative estimate of drug-likeness (QED) is 0.326. The summed E-state index contributed by atoms with van der Waals surface area (Å²) < 4.78 is 29.4. The summed E-state index contributed by atoms with van der Waals surface area (Å²) in [7, 11) is 0. The van der Waals surface area contributed by atoms with Crippen molar-refractivity contribution in [1.29, 1.82) is 0 Å². The lowest BCUT2D eigenvalue weighted by molar-refractivity contribution is 0.0256. The molecule has 0 amide bonds. The summed E-state index contributed by atoms with van der Waals surface area (Å²) in [5.41, 5.74) is 8.02. The summed E-state index contributed by atoms with van der Waals surface area (Å²) in [5, 5.41) is 4.62. The van der Waals surface area contributed by atoms with Crippen molar-refractivity contribution in [3.05, 3.63) is 102 Å². The van der Waals surface area contributed by atoms with Crippen LogP contribution in [0.15, 0.2) is 73.6 Å². The van der Waals surface area contributed by atoms with Crippen molar-refractivity contribution >= 4 is 16.8 Å². The van der Waals surface area contributed by atoms with Crippen LogP contribution in [-0.2, 0) is 0 Å². The first kappa shape index (κ1) is 25.5. The summed E-state index contributed by atoms with van der Waals surface area (Å²) in [6.45, 7) is 15.9. The van der Waals surface area contributed by atoms with Gasteiger partial charge in [-0.25, -0.2) is 18.3 Å². The number of piperidine rings is 1. The third-order valence-electron chi connectivity index (χ3n) is 7.26. The Hall–Kier alpha value is -3.54. The first-order valence-electron chi connectivity index (χ1n) is 12.4. The number of rotatable bonds is 7. The van der Waals surface area contributed by atoms with Crippen LogP contribution >= 0.6 is 0 Å². The van der Waals surface area contributed by atoms with Gasteiger partial charge >= 0.3 is 0 Å². The van der Waals surface area contributed by atoms with E-state index in [0.29, 0.717) is 13.1 Å². The molecule has 188 valence electrons. The van der Waals surface area contributed by atoms with Gasteiger partial charge in [-0.15, -0.1) is 0 Å². The van der Waals surface area contributed by atoms with E-state index < -0.39 is 5.92 Å². The number of benzene rings is 1. The SMILES string of the molecule is C=C/C(=C\C=C(/C)c1ccccc1)c1cnn2c(C)c(C)c(C3CCN(C(=C)C(C)(F)F)CC3)nc12. The van der Waals surface area contributed by atoms with Crippen LogP contribution in [0.1, 0.15) is 60.7 Å². The van der Waals surface area contributed by atoms with E-state index in [1.54, 1.807) is 4.90 Å². The van der Waals surface area contributed by atoms with Gasteiger partial charge in [-0.3, -0.25) is 0 Å². The second-order valence-electron chi connectivity index (χ2n) is 9.64. The Kier molecular flexibility index (Phi) is 7.25. The van der Waals surface area contributed by atoms with Crippen molar-refractivity contribution in [1.82, 2.24) is 19.5 Å². The molecule has 0 bridgehead atoms. The molecule has 0 unspecified atom stereocenters. The fourth-order valence-electron chi connectivity index (χ4n) is 4.82. The second-order valence-corrected chi connectivity index (χ2v) is 9.64. The van der Waals surface area contributed by atoms with Crippen molar-refractivity contribution in [2.45, 2.75) is 52.4 Å².